The van der Waals surface area contributed by atoms with Crippen LogP contribution in [0.15, 0.2) is 12.7 Å². The fourth-order valence-corrected chi connectivity index (χ4v) is 3.47. The minimum Gasteiger partial charge on any atom is -0.389 e. The lowest BCUT2D eigenvalue weighted by Gasteiger charge is -2.39. The fraction of sp³-hybridized carbons (Fsp3) is 0.846. The van der Waals surface area contributed by atoms with Gasteiger partial charge in [-0.3, -0.25) is 0 Å². The second-order valence-corrected chi connectivity index (χ2v) is 5.06. The number of hydrogen-bond acceptors (Lipinski definition) is 1. The summed E-state index contributed by atoms with van der Waals surface area (Å²) in [4.78, 5) is 0. The van der Waals surface area contributed by atoms with Crippen molar-refractivity contribution in [2.45, 2.75) is 57.0 Å². The van der Waals surface area contributed by atoms with E-state index in [1.165, 1.54) is 38.5 Å². The maximum atomic E-state index is 10.7. The van der Waals surface area contributed by atoms with E-state index in [0.717, 1.165) is 12.8 Å². The highest BCUT2D eigenvalue weighted by atomic mass is 16.3. The molecule has 2 fully saturated rings. The zero-order valence-corrected chi connectivity index (χ0v) is 9.04. The van der Waals surface area contributed by atoms with Crippen molar-refractivity contribution in [3.05, 3.63) is 12.7 Å². The molecular formula is C13H22O. The Balaban J connectivity index is 2.08. The van der Waals surface area contributed by atoms with Crippen LogP contribution in [0.4, 0.5) is 0 Å². The Kier molecular flexibility index (Phi) is 2.96. The first-order valence-corrected chi connectivity index (χ1v) is 6.12. The average molecular weight is 194 g/mol. The van der Waals surface area contributed by atoms with Crippen LogP contribution in [0.5, 0.6) is 0 Å². The lowest BCUT2D eigenvalue weighted by Crippen LogP contribution is -2.41. The molecule has 0 spiro atoms. The third kappa shape index (κ3) is 1.63. The first-order chi connectivity index (χ1) is 6.77. The van der Waals surface area contributed by atoms with Gasteiger partial charge in [0.15, 0.2) is 0 Å². The third-order valence-electron chi connectivity index (χ3n) is 4.33. The third-order valence-corrected chi connectivity index (χ3v) is 4.33. The van der Waals surface area contributed by atoms with Crippen LogP contribution in [0.25, 0.3) is 0 Å². The molecule has 1 N–H and O–H groups in total. The minimum absolute atomic E-state index is 0.366. The smallest absolute Gasteiger partial charge is 0.0737 e. The molecule has 0 heterocycles. The van der Waals surface area contributed by atoms with Gasteiger partial charge in [0.2, 0.25) is 0 Å². The number of hydrogen-bond donors (Lipinski definition) is 1. The predicted molar refractivity (Wildman–Crippen MR) is 59.1 cm³/mol. The second-order valence-electron chi connectivity index (χ2n) is 5.06. The molecule has 1 nitrogen and oxygen atoms in total. The van der Waals surface area contributed by atoms with Gasteiger partial charge in [-0.1, -0.05) is 25.3 Å². The van der Waals surface area contributed by atoms with E-state index in [-0.39, 0.29) is 5.60 Å². The number of rotatable bonds is 2. The first-order valence-electron chi connectivity index (χ1n) is 6.12. The SMILES string of the molecule is C=C[C@@H]1CCC[C@]1(O)C1CCCCC1. The van der Waals surface area contributed by atoms with Crippen LogP contribution in [0.2, 0.25) is 0 Å². The summed E-state index contributed by atoms with van der Waals surface area (Å²) in [5.41, 5.74) is -0.387. The van der Waals surface area contributed by atoms with Gasteiger partial charge in [-0.2, -0.15) is 0 Å². The second kappa shape index (κ2) is 4.06. The van der Waals surface area contributed by atoms with Gasteiger partial charge in [-0.25, -0.2) is 0 Å². The van der Waals surface area contributed by atoms with Crippen molar-refractivity contribution in [1.29, 1.82) is 0 Å². The van der Waals surface area contributed by atoms with E-state index in [4.69, 9.17) is 0 Å². The summed E-state index contributed by atoms with van der Waals surface area (Å²) in [5.74, 6) is 0.923. The zero-order valence-electron chi connectivity index (χ0n) is 9.04. The molecule has 0 radical (unpaired) electrons. The monoisotopic (exact) mass is 194 g/mol. The standard InChI is InChI=1S/C13H22O/c1-2-11-9-6-10-13(11,14)12-7-4-3-5-8-12/h2,11-12,14H,1,3-10H2/t11-,13-/m1/s1. The van der Waals surface area contributed by atoms with Crippen molar-refractivity contribution >= 4 is 0 Å². The highest BCUT2D eigenvalue weighted by Crippen LogP contribution is 2.46. The summed E-state index contributed by atoms with van der Waals surface area (Å²) in [6.45, 7) is 3.87. The van der Waals surface area contributed by atoms with Crippen molar-refractivity contribution in [3.63, 3.8) is 0 Å². The molecule has 0 aromatic heterocycles. The summed E-state index contributed by atoms with van der Waals surface area (Å²) >= 11 is 0. The zero-order chi connectivity index (χ0) is 10.0. The van der Waals surface area contributed by atoms with Gasteiger partial charge in [0.25, 0.3) is 0 Å². The van der Waals surface area contributed by atoms with Gasteiger partial charge in [-0.05, 0) is 38.0 Å². The maximum Gasteiger partial charge on any atom is 0.0737 e. The van der Waals surface area contributed by atoms with Crippen LogP contribution < -0.4 is 0 Å². The maximum absolute atomic E-state index is 10.7. The van der Waals surface area contributed by atoms with E-state index in [0.29, 0.717) is 11.8 Å². The molecule has 0 aromatic carbocycles. The van der Waals surface area contributed by atoms with Crippen molar-refractivity contribution in [1.82, 2.24) is 0 Å². The van der Waals surface area contributed by atoms with Crippen LogP contribution >= 0.6 is 0 Å². The van der Waals surface area contributed by atoms with E-state index in [2.05, 4.69) is 6.58 Å². The molecule has 2 rings (SSSR count). The Morgan fingerprint density at radius 1 is 1.07 bits per heavy atom. The molecule has 2 atom stereocenters. The normalized spacial score (nSPS) is 39.9. The topological polar surface area (TPSA) is 20.2 Å². The summed E-state index contributed by atoms with van der Waals surface area (Å²) in [6.07, 6.45) is 11.8. The molecule has 0 bridgehead atoms. The Bertz CT molecular complexity index is 205. The Labute approximate surface area is 87.2 Å². The molecule has 0 aromatic rings. The summed E-state index contributed by atoms with van der Waals surface area (Å²) in [7, 11) is 0. The van der Waals surface area contributed by atoms with Gasteiger partial charge in [-0.15, -0.1) is 6.58 Å². The van der Waals surface area contributed by atoms with Gasteiger partial charge >= 0.3 is 0 Å². The lowest BCUT2D eigenvalue weighted by atomic mass is 9.72. The minimum atomic E-state index is -0.387. The van der Waals surface area contributed by atoms with E-state index in [9.17, 15) is 5.11 Å². The van der Waals surface area contributed by atoms with E-state index in [1.807, 2.05) is 6.08 Å². The molecule has 0 saturated heterocycles. The largest absolute Gasteiger partial charge is 0.389 e. The summed E-state index contributed by atoms with van der Waals surface area (Å²) < 4.78 is 0. The van der Waals surface area contributed by atoms with Gasteiger partial charge in [0.1, 0.15) is 0 Å². The van der Waals surface area contributed by atoms with Crippen LogP contribution in [0, 0.1) is 11.8 Å². The van der Waals surface area contributed by atoms with Crippen molar-refractivity contribution in [2.24, 2.45) is 11.8 Å². The van der Waals surface area contributed by atoms with Crippen LogP contribution in [0.1, 0.15) is 51.4 Å². The molecule has 0 amide bonds. The Hall–Kier alpha value is -0.300. The van der Waals surface area contributed by atoms with Gasteiger partial charge < -0.3 is 5.11 Å². The molecular weight excluding hydrogens is 172 g/mol. The molecule has 0 aliphatic heterocycles. The molecule has 1 heteroatoms. The summed E-state index contributed by atoms with van der Waals surface area (Å²) in [5, 5.41) is 10.7. The highest BCUT2D eigenvalue weighted by Gasteiger charge is 2.45. The fourth-order valence-electron chi connectivity index (χ4n) is 3.47. The van der Waals surface area contributed by atoms with Crippen molar-refractivity contribution in [3.8, 4) is 0 Å². The Morgan fingerprint density at radius 3 is 2.43 bits per heavy atom. The summed E-state index contributed by atoms with van der Waals surface area (Å²) in [6, 6.07) is 0. The van der Waals surface area contributed by atoms with E-state index < -0.39 is 0 Å². The molecule has 14 heavy (non-hydrogen) atoms. The average Bonchev–Trinajstić information content (AvgIpc) is 2.62. The molecule has 2 saturated carbocycles. The van der Waals surface area contributed by atoms with Gasteiger partial charge in [0.05, 0.1) is 5.60 Å². The molecule has 0 unspecified atom stereocenters. The number of aliphatic hydroxyl groups is 1. The van der Waals surface area contributed by atoms with Crippen molar-refractivity contribution < 1.29 is 5.11 Å². The van der Waals surface area contributed by atoms with Crippen LogP contribution in [-0.4, -0.2) is 10.7 Å². The first kappa shape index (κ1) is 10.2. The van der Waals surface area contributed by atoms with Gasteiger partial charge in [0, 0.05) is 5.92 Å². The van der Waals surface area contributed by atoms with E-state index in [1.54, 1.807) is 0 Å². The quantitative estimate of drug-likeness (QED) is 0.669. The van der Waals surface area contributed by atoms with Crippen LogP contribution in [-0.2, 0) is 0 Å². The predicted octanol–water partition coefficient (Wildman–Crippen LogP) is 3.28. The van der Waals surface area contributed by atoms with Crippen LogP contribution in [0.3, 0.4) is 0 Å². The lowest BCUT2D eigenvalue weighted by molar-refractivity contribution is -0.0504. The highest BCUT2D eigenvalue weighted by molar-refractivity contribution is 5.04. The molecule has 2 aliphatic rings. The Morgan fingerprint density at radius 2 is 1.79 bits per heavy atom. The molecule has 80 valence electrons. The van der Waals surface area contributed by atoms with Crippen molar-refractivity contribution in [2.75, 3.05) is 0 Å². The molecule has 2 aliphatic carbocycles. The van der Waals surface area contributed by atoms with E-state index >= 15 is 0 Å².